The van der Waals surface area contributed by atoms with Crippen LogP contribution in [-0.2, 0) is 4.74 Å². The van der Waals surface area contributed by atoms with Gasteiger partial charge in [-0.05, 0) is 25.1 Å². The zero-order chi connectivity index (χ0) is 8.69. The standard InChI is InChI=1S/C8H15NOS/c1-3-4-5-6-7(9)8(11)10-2/h9H,3-6H2,1-2H3. The quantitative estimate of drug-likeness (QED) is 0.394. The van der Waals surface area contributed by atoms with Crippen LogP contribution < -0.4 is 0 Å². The summed E-state index contributed by atoms with van der Waals surface area (Å²) in [7, 11) is 1.51. The van der Waals surface area contributed by atoms with Crippen LogP contribution in [0, 0.1) is 5.41 Å². The summed E-state index contributed by atoms with van der Waals surface area (Å²) < 4.78 is 4.75. The Balaban J connectivity index is 3.44. The average molecular weight is 173 g/mol. The van der Waals surface area contributed by atoms with E-state index in [1.54, 1.807) is 0 Å². The lowest BCUT2D eigenvalue weighted by Gasteiger charge is -2.02. The van der Waals surface area contributed by atoms with Crippen molar-refractivity contribution in [3.05, 3.63) is 0 Å². The van der Waals surface area contributed by atoms with Crippen molar-refractivity contribution in [2.24, 2.45) is 0 Å². The molecule has 11 heavy (non-hydrogen) atoms. The second kappa shape index (κ2) is 6.28. The maximum atomic E-state index is 7.41. The van der Waals surface area contributed by atoms with Gasteiger partial charge in [-0.15, -0.1) is 0 Å². The largest absolute Gasteiger partial charge is 0.485 e. The minimum absolute atomic E-state index is 0.334. The molecule has 0 aliphatic heterocycles. The third-order valence-corrected chi connectivity index (χ3v) is 1.88. The first-order valence-corrected chi connectivity index (χ1v) is 4.29. The molecule has 0 amide bonds. The molecule has 0 unspecified atom stereocenters. The van der Waals surface area contributed by atoms with Crippen LogP contribution in [-0.4, -0.2) is 17.9 Å². The zero-order valence-corrected chi connectivity index (χ0v) is 7.96. The molecule has 0 aliphatic carbocycles. The Morgan fingerprint density at radius 3 is 2.55 bits per heavy atom. The Hall–Kier alpha value is -0.440. The van der Waals surface area contributed by atoms with Crippen molar-refractivity contribution in [3.8, 4) is 0 Å². The number of hydrogen-bond acceptors (Lipinski definition) is 3. The van der Waals surface area contributed by atoms with Gasteiger partial charge in [0.25, 0.3) is 0 Å². The fourth-order valence-electron chi connectivity index (χ4n) is 0.777. The minimum Gasteiger partial charge on any atom is -0.485 e. The number of ether oxygens (including phenoxy) is 1. The van der Waals surface area contributed by atoms with Gasteiger partial charge in [-0.2, -0.15) is 0 Å². The van der Waals surface area contributed by atoms with E-state index in [0.717, 1.165) is 19.3 Å². The monoisotopic (exact) mass is 173 g/mol. The molecule has 0 fully saturated rings. The highest BCUT2D eigenvalue weighted by Crippen LogP contribution is 2.01. The summed E-state index contributed by atoms with van der Waals surface area (Å²) in [6.07, 6.45) is 4.13. The van der Waals surface area contributed by atoms with Crippen LogP contribution in [0.4, 0.5) is 0 Å². The predicted octanol–water partition coefficient (Wildman–Crippen LogP) is 2.56. The van der Waals surface area contributed by atoms with Gasteiger partial charge in [-0.25, -0.2) is 0 Å². The molecule has 64 valence electrons. The highest BCUT2D eigenvalue weighted by molar-refractivity contribution is 7.81. The van der Waals surface area contributed by atoms with Crippen LogP contribution >= 0.6 is 12.2 Å². The number of rotatable bonds is 5. The fourth-order valence-corrected chi connectivity index (χ4v) is 0.879. The van der Waals surface area contributed by atoms with E-state index in [1.165, 1.54) is 13.5 Å². The molecule has 0 aromatic carbocycles. The van der Waals surface area contributed by atoms with Crippen LogP contribution in [0.3, 0.4) is 0 Å². The average Bonchev–Trinajstić information content (AvgIpc) is 2.03. The predicted molar refractivity (Wildman–Crippen MR) is 51.5 cm³/mol. The highest BCUT2D eigenvalue weighted by Gasteiger charge is 2.02. The van der Waals surface area contributed by atoms with Gasteiger partial charge >= 0.3 is 0 Å². The highest BCUT2D eigenvalue weighted by atomic mass is 32.1. The number of methoxy groups -OCH3 is 1. The van der Waals surface area contributed by atoms with Gasteiger partial charge in [-0.1, -0.05) is 19.8 Å². The topological polar surface area (TPSA) is 33.1 Å². The number of nitrogens with one attached hydrogen (secondary N) is 1. The Morgan fingerprint density at radius 1 is 1.45 bits per heavy atom. The lowest BCUT2D eigenvalue weighted by molar-refractivity contribution is 0.420. The summed E-state index contributed by atoms with van der Waals surface area (Å²) in [4.78, 5) is 0. The van der Waals surface area contributed by atoms with Gasteiger partial charge in [0.1, 0.15) is 0 Å². The number of unbranched alkanes of at least 4 members (excludes halogenated alkanes) is 2. The van der Waals surface area contributed by atoms with Gasteiger partial charge in [-0.3, -0.25) is 0 Å². The molecular weight excluding hydrogens is 158 g/mol. The maximum Gasteiger partial charge on any atom is 0.204 e. The van der Waals surface area contributed by atoms with Gasteiger partial charge in [0.05, 0.1) is 12.8 Å². The molecule has 0 aromatic heterocycles. The molecule has 0 saturated heterocycles. The molecule has 0 saturated carbocycles. The van der Waals surface area contributed by atoms with Crippen molar-refractivity contribution in [1.82, 2.24) is 0 Å². The number of hydrogen-bond donors (Lipinski definition) is 1. The van der Waals surface area contributed by atoms with Crippen LogP contribution in [0.25, 0.3) is 0 Å². The molecular formula is C8H15NOS. The van der Waals surface area contributed by atoms with E-state index in [-0.39, 0.29) is 0 Å². The molecule has 0 bridgehead atoms. The molecule has 0 heterocycles. The van der Waals surface area contributed by atoms with Gasteiger partial charge < -0.3 is 10.1 Å². The summed E-state index contributed by atoms with van der Waals surface area (Å²) >= 11 is 4.78. The lowest BCUT2D eigenvalue weighted by Crippen LogP contribution is -2.11. The summed E-state index contributed by atoms with van der Waals surface area (Å²) in [6.45, 7) is 2.14. The van der Waals surface area contributed by atoms with Crippen LogP contribution in [0.15, 0.2) is 0 Å². The van der Waals surface area contributed by atoms with Crippen molar-refractivity contribution >= 4 is 23.0 Å². The van der Waals surface area contributed by atoms with E-state index >= 15 is 0 Å². The number of thiocarbonyl (C=S) groups is 1. The normalized spacial score (nSPS) is 9.27. The SMILES string of the molecule is CCCCCC(=N)C(=S)OC. The summed E-state index contributed by atoms with van der Waals surface area (Å²) in [6, 6.07) is 0. The fraction of sp³-hybridized carbons (Fsp3) is 0.750. The molecule has 3 heteroatoms. The Bertz CT molecular complexity index is 145. The Labute approximate surface area is 73.5 Å². The van der Waals surface area contributed by atoms with Crippen molar-refractivity contribution in [2.75, 3.05) is 7.11 Å². The molecule has 0 aliphatic rings. The zero-order valence-electron chi connectivity index (χ0n) is 7.14. The second-order valence-corrected chi connectivity index (χ2v) is 2.80. The van der Waals surface area contributed by atoms with Crippen molar-refractivity contribution in [3.63, 3.8) is 0 Å². The van der Waals surface area contributed by atoms with Crippen molar-refractivity contribution < 1.29 is 4.74 Å². The van der Waals surface area contributed by atoms with Crippen molar-refractivity contribution in [2.45, 2.75) is 32.6 Å². The lowest BCUT2D eigenvalue weighted by atomic mass is 10.1. The first-order chi connectivity index (χ1) is 5.22. The molecule has 0 atom stereocenters. The van der Waals surface area contributed by atoms with E-state index in [0.29, 0.717) is 10.8 Å². The van der Waals surface area contributed by atoms with Crippen LogP contribution in [0.1, 0.15) is 32.6 Å². The Kier molecular flexibility index (Phi) is 6.03. The second-order valence-electron chi connectivity index (χ2n) is 2.43. The third-order valence-electron chi connectivity index (χ3n) is 1.46. The summed E-state index contributed by atoms with van der Waals surface area (Å²) in [5.41, 5.74) is 0.455. The Morgan fingerprint density at radius 2 is 2.09 bits per heavy atom. The van der Waals surface area contributed by atoms with E-state index < -0.39 is 0 Å². The molecule has 0 radical (unpaired) electrons. The summed E-state index contributed by atoms with van der Waals surface area (Å²) in [5.74, 6) is 0. The first-order valence-electron chi connectivity index (χ1n) is 3.88. The molecule has 1 N–H and O–H groups in total. The molecule has 0 spiro atoms. The molecule has 2 nitrogen and oxygen atoms in total. The summed E-state index contributed by atoms with van der Waals surface area (Å²) in [5, 5.41) is 7.74. The van der Waals surface area contributed by atoms with Gasteiger partial charge in [0, 0.05) is 0 Å². The van der Waals surface area contributed by atoms with Crippen molar-refractivity contribution in [1.29, 1.82) is 5.41 Å². The first kappa shape index (κ1) is 10.6. The van der Waals surface area contributed by atoms with Crippen LogP contribution in [0.5, 0.6) is 0 Å². The smallest absolute Gasteiger partial charge is 0.204 e. The van der Waals surface area contributed by atoms with E-state index in [4.69, 9.17) is 22.4 Å². The van der Waals surface area contributed by atoms with E-state index in [9.17, 15) is 0 Å². The maximum absolute atomic E-state index is 7.41. The molecule has 0 rings (SSSR count). The van der Waals surface area contributed by atoms with E-state index in [1.807, 2.05) is 0 Å². The van der Waals surface area contributed by atoms with Gasteiger partial charge in [0.15, 0.2) is 0 Å². The molecule has 0 aromatic rings. The minimum atomic E-state index is 0.334. The third kappa shape index (κ3) is 4.90. The van der Waals surface area contributed by atoms with Crippen LogP contribution in [0.2, 0.25) is 0 Å². The van der Waals surface area contributed by atoms with E-state index in [2.05, 4.69) is 6.92 Å². The van der Waals surface area contributed by atoms with Gasteiger partial charge in [0.2, 0.25) is 5.05 Å².